The number of aryl methyl sites for hydroxylation is 2. The lowest BCUT2D eigenvalue weighted by Gasteiger charge is -2.15. The predicted octanol–water partition coefficient (Wildman–Crippen LogP) is 2.58. The molecule has 0 fully saturated rings. The van der Waals surface area contributed by atoms with Crippen LogP contribution in [0.5, 0.6) is 0 Å². The van der Waals surface area contributed by atoms with Crippen molar-refractivity contribution in [3.05, 3.63) is 71.3 Å². The van der Waals surface area contributed by atoms with E-state index >= 15 is 0 Å². The van der Waals surface area contributed by atoms with Crippen molar-refractivity contribution in [1.29, 1.82) is 0 Å². The molecule has 2 amide bonds. The molecule has 0 saturated carbocycles. The van der Waals surface area contributed by atoms with E-state index in [1.54, 1.807) is 6.92 Å². The van der Waals surface area contributed by atoms with E-state index in [1.807, 2.05) is 24.3 Å². The SMILES string of the molecule is C[C@@H](CNC(=O)[C@@H](N)CCCCN)C(=O)ONC(=O)Cc1cccc(CCCCc2ccccc2)c1. The van der Waals surface area contributed by atoms with Gasteiger partial charge in [-0.3, -0.25) is 9.59 Å². The number of unbranched alkanes of at least 4 members (excludes halogenated alkanes) is 2. The fraction of sp³-hybridized carbons (Fsp3) is 0.464. The van der Waals surface area contributed by atoms with E-state index in [0.717, 1.165) is 44.1 Å². The van der Waals surface area contributed by atoms with Crippen molar-refractivity contribution >= 4 is 17.8 Å². The average Bonchev–Trinajstić information content (AvgIpc) is 2.89. The van der Waals surface area contributed by atoms with Gasteiger partial charge in [0, 0.05) is 6.54 Å². The minimum atomic E-state index is -0.640. The monoisotopic (exact) mass is 496 g/mol. The van der Waals surface area contributed by atoms with Gasteiger partial charge < -0.3 is 21.6 Å². The van der Waals surface area contributed by atoms with Gasteiger partial charge >= 0.3 is 5.97 Å². The van der Waals surface area contributed by atoms with Gasteiger partial charge in [-0.1, -0.05) is 67.9 Å². The number of nitrogens with one attached hydrogen (secondary N) is 2. The van der Waals surface area contributed by atoms with Crippen LogP contribution in [0.15, 0.2) is 54.6 Å². The van der Waals surface area contributed by atoms with Gasteiger partial charge in [0.05, 0.1) is 18.4 Å². The standard InChI is InChI=1S/C28H40N4O4/c1-21(20-31-27(34)25(30)16-7-8-17-29)28(35)36-32-26(33)19-24-15-9-14-23(18-24)13-6-5-12-22-10-3-2-4-11-22/h2-4,9-11,14-15,18,21,25H,5-8,12-13,16-17,19-20,29-30H2,1H3,(H,31,34)(H,32,33)/t21-,25-/m0/s1. The summed E-state index contributed by atoms with van der Waals surface area (Å²) in [6.07, 6.45) is 6.38. The molecule has 196 valence electrons. The Morgan fingerprint density at radius 3 is 2.28 bits per heavy atom. The van der Waals surface area contributed by atoms with Gasteiger partial charge in [0.15, 0.2) is 0 Å². The first kappa shape index (κ1) is 29.0. The number of carbonyl (C=O) groups is 3. The van der Waals surface area contributed by atoms with Crippen LogP contribution in [0.1, 0.15) is 55.7 Å². The van der Waals surface area contributed by atoms with E-state index in [1.165, 1.54) is 11.1 Å². The Hall–Kier alpha value is -3.23. The van der Waals surface area contributed by atoms with Crippen LogP contribution in [0, 0.1) is 5.92 Å². The fourth-order valence-corrected chi connectivity index (χ4v) is 3.74. The smallest absolute Gasteiger partial charge is 0.336 e. The zero-order valence-corrected chi connectivity index (χ0v) is 21.2. The second-order valence-corrected chi connectivity index (χ2v) is 9.17. The van der Waals surface area contributed by atoms with Crippen molar-refractivity contribution in [2.24, 2.45) is 17.4 Å². The lowest BCUT2D eigenvalue weighted by atomic mass is 10.0. The van der Waals surface area contributed by atoms with E-state index in [4.69, 9.17) is 16.3 Å². The number of rotatable bonds is 15. The molecule has 0 radical (unpaired) electrons. The van der Waals surface area contributed by atoms with Crippen LogP contribution in [0.25, 0.3) is 0 Å². The van der Waals surface area contributed by atoms with Crippen molar-refractivity contribution in [1.82, 2.24) is 10.8 Å². The van der Waals surface area contributed by atoms with Crippen LogP contribution in [-0.2, 0) is 38.5 Å². The predicted molar refractivity (Wildman–Crippen MR) is 141 cm³/mol. The molecule has 2 rings (SSSR count). The normalized spacial score (nSPS) is 12.4. The summed E-state index contributed by atoms with van der Waals surface area (Å²) in [5.41, 5.74) is 16.9. The number of hydrogen-bond acceptors (Lipinski definition) is 6. The maximum atomic E-state index is 12.3. The molecule has 0 unspecified atom stereocenters. The second-order valence-electron chi connectivity index (χ2n) is 9.17. The molecule has 2 aromatic rings. The molecule has 0 bridgehead atoms. The van der Waals surface area contributed by atoms with E-state index in [9.17, 15) is 14.4 Å². The van der Waals surface area contributed by atoms with Gasteiger partial charge in [0.25, 0.3) is 5.91 Å². The van der Waals surface area contributed by atoms with E-state index in [-0.39, 0.29) is 18.9 Å². The summed E-state index contributed by atoms with van der Waals surface area (Å²) in [5.74, 6) is -2.00. The zero-order chi connectivity index (χ0) is 26.2. The third-order valence-corrected chi connectivity index (χ3v) is 5.94. The molecule has 8 nitrogen and oxygen atoms in total. The van der Waals surface area contributed by atoms with Crippen molar-refractivity contribution in [2.75, 3.05) is 13.1 Å². The number of nitrogens with two attached hydrogens (primary N) is 2. The van der Waals surface area contributed by atoms with E-state index < -0.39 is 23.8 Å². The van der Waals surface area contributed by atoms with Crippen molar-refractivity contribution in [3.8, 4) is 0 Å². The highest BCUT2D eigenvalue weighted by Crippen LogP contribution is 2.12. The van der Waals surface area contributed by atoms with Gasteiger partial charge in [-0.2, -0.15) is 5.48 Å². The third-order valence-electron chi connectivity index (χ3n) is 5.94. The Balaban J connectivity index is 1.66. The van der Waals surface area contributed by atoms with Gasteiger partial charge in [0.2, 0.25) is 5.91 Å². The van der Waals surface area contributed by atoms with Crippen LogP contribution in [0.4, 0.5) is 0 Å². The second kappa shape index (κ2) is 16.4. The highest BCUT2D eigenvalue weighted by Gasteiger charge is 2.19. The topological polar surface area (TPSA) is 137 Å². The lowest BCUT2D eigenvalue weighted by molar-refractivity contribution is -0.161. The molecule has 2 aromatic carbocycles. The minimum absolute atomic E-state index is 0.0739. The number of amides is 2. The molecule has 0 saturated heterocycles. The largest absolute Gasteiger partial charge is 0.354 e. The van der Waals surface area contributed by atoms with E-state index in [2.05, 4.69) is 41.1 Å². The summed E-state index contributed by atoms with van der Waals surface area (Å²) in [6.45, 7) is 2.24. The Labute approximate surface area is 214 Å². The Bertz CT molecular complexity index is 952. The Kier molecular flexibility index (Phi) is 13.2. The van der Waals surface area contributed by atoms with Gasteiger partial charge in [-0.25, -0.2) is 4.79 Å². The first-order valence-electron chi connectivity index (χ1n) is 12.7. The number of benzene rings is 2. The molecule has 0 spiro atoms. The average molecular weight is 497 g/mol. The van der Waals surface area contributed by atoms with Crippen LogP contribution in [0.2, 0.25) is 0 Å². The van der Waals surface area contributed by atoms with Crippen LogP contribution >= 0.6 is 0 Å². The third kappa shape index (κ3) is 11.5. The summed E-state index contributed by atoms with van der Waals surface area (Å²) < 4.78 is 0. The van der Waals surface area contributed by atoms with Gasteiger partial charge in [-0.15, -0.1) is 0 Å². The highest BCUT2D eigenvalue weighted by molar-refractivity contribution is 5.83. The first-order chi connectivity index (χ1) is 17.4. The zero-order valence-electron chi connectivity index (χ0n) is 21.2. The van der Waals surface area contributed by atoms with Gasteiger partial charge in [-0.05, 0) is 61.8 Å². The molecule has 2 atom stereocenters. The minimum Gasteiger partial charge on any atom is -0.354 e. The van der Waals surface area contributed by atoms with Crippen LogP contribution < -0.4 is 22.3 Å². The Morgan fingerprint density at radius 1 is 0.889 bits per heavy atom. The summed E-state index contributed by atoms with van der Waals surface area (Å²) in [5, 5.41) is 2.65. The molecule has 0 aromatic heterocycles. The first-order valence-corrected chi connectivity index (χ1v) is 12.7. The number of hydrogen-bond donors (Lipinski definition) is 4. The van der Waals surface area contributed by atoms with Crippen LogP contribution in [-0.4, -0.2) is 36.9 Å². The molecule has 8 heteroatoms. The van der Waals surface area contributed by atoms with Gasteiger partial charge in [0.1, 0.15) is 0 Å². The molecule has 0 heterocycles. The highest BCUT2D eigenvalue weighted by atomic mass is 16.7. The molecule has 0 aliphatic carbocycles. The summed E-state index contributed by atoms with van der Waals surface area (Å²) >= 11 is 0. The molecule has 36 heavy (non-hydrogen) atoms. The summed E-state index contributed by atoms with van der Waals surface area (Å²) in [6, 6.07) is 17.7. The van der Waals surface area contributed by atoms with Crippen molar-refractivity contribution < 1.29 is 19.2 Å². The molecule has 0 aliphatic heterocycles. The summed E-state index contributed by atoms with van der Waals surface area (Å²) in [4.78, 5) is 41.4. The maximum absolute atomic E-state index is 12.3. The molecule has 0 aliphatic rings. The number of hydroxylamine groups is 1. The van der Waals surface area contributed by atoms with Crippen LogP contribution in [0.3, 0.4) is 0 Å². The van der Waals surface area contributed by atoms with Crippen molar-refractivity contribution in [2.45, 2.75) is 64.3 Å². The molecular formula is C28H40N4O4. The molecule has 6 N–H and O–H groups in total. The van der Waals surface area contributed by atoms with E-state index in [0.29, 0.717) is 13.0 Å². The summed E-state index contributed by atoms with van der Waals surface area (Å²) in [7, 11) is 0. The fourth-order valence-electron chi connectivity index (χ4n) is 3.74. The lowest BCUT2D eigenvalue weighted by Crippen LogP contribution is -2.43. The number of carbonyl (C=O) groups excluding carboxylic acids is 3. The molecular weight excluding hydrogens is 456 g/mol. The Morgan fingerprint density at radius 2 is 1.56 bits per heavy atom. The maximum Gasteiger partial charge on any atom is 0.336 e. The quantitative estimate of drug-likeness (QED) is 0.221. The van der Waals surface area contributed by atoms with Crippen molar-refractivity contribution in [3.63, 3.8) is 0 Å².